The van der Waals surface area contributed by atoms with Crippen molar-refractivity contribution in [2.75, 3.05) is 13.2 Å². The lowest BCUT2D eigenvalue weighted by atomic mass is 9.86. The summed E-state index contributed by atoms with van der Waals surface area (Å²) in [5.41, 5.74) is 3.53. The van der Waals surface area contributed by atoms with Crippen LogP contribution in [0.15, 0.2) is 48.5 Å². The second kappa shape index (κ2) is 8.70. The maximum absolute atomic E-state index is 12.0. The number of para-hydroxylation sites is 1. The number of ether oxygens (including phenoxy) is 1. The van der Waals surface area contributed by atoms with Gasteiger partial charge < -0.3 is 10.1 Å². The van der Waals surface area contributed by atoms with E-state index in [2.05, 4.69) is 51.2 Å². The van der Waals surface area contributed by atoms with Gasteiger partial charge >= 0.3 is 0 Å². The molecule has 3 nitrogen and oxygen atoms in total. The third-order valence-electron chi connectivity index (χ3n) is 4.17. The Kier molecular flexibility index (Phi) is 6.63. The van der Waals surface area contributed by atoms with Crippen LogP contribution in [0.25, 0.3) is 0 Å². The highest BCUT2D eigenvalue weighted by atomic mass is 16.5. The molecule has 0 saturated carbocycles. The molecule has 0 heterocycles. The minimum atomic E-state index is 0.0250. The summed E-state index contributed by atoms with van der Waals surface area (Å²) < 4.78 is 5.88. The van der Waals surface area contributed by atoms with Gasteiger partial charge in [-0.05, 0) is 34.6 Å². The molecule has 0 aliphatic carbocycles. The van der Waals surface area contributed by atoms with E-state index in [1.165, 1.54) is 11.1 Å². The molecule has 0 saturated heterocycles. The molecule has 0 aliphatic rings. The first-order chi connectivity index (χ1) is 11.9. The van der Waals surface area contributed by atoms with Crippen molar-refractivity contribution in [3.63, 3.8) is 0 Å². The van der Waals surface area contributed by atoms with Crippen LogP contribution in [-0.2, 0) is 23.1 Å². The van der Waals surface area contributed by atoms with Gasteiger partial charge in [0.15, 0.2) is 0 Å². The highest BCUT2D eigenvalue weighted by molar-refractivity contribution is 5.78. The average molecular weight is 339 g/mol. The Labute approximate surface area is 151 Å². The predicted molar refractivity (Wildman–Crippen MR) is 103 cm³/mol. The van der Waals surface area contributed by atoms with Gasteiger partial charge in [-0.15, -0.1) is 0 Å². The van der Waals surface area contributed by atoms with Crippen molar-refractivity contribution < 1.29 is 9.53 Å². The Bertz CT molecular complexity index is 684. The van der Waals surface area contributed by atoms with Gasteiger partial charge in [-0.3, -0.25) is 4.79 Å². The maximum Gasteiger partial charge on any atom is 0.224 e. The number of hydrogen-bond donors (Lipinski definition) is 1. The molecule has 25 heavy (non-hydrogen) atoms. The maximum atomic E-state index is 12.0. The highest BCUT2D eigenvalue weighted by Crippen LogP contribution is 2.30. The van der Waals surface area contributed by atoms with Crippen molar-refractivity contribution in [2.24, 2.45) is 0 Å². The molecule has 2 aromatic rings. The van der Waals surface area contributed by atoms with Crippen LogP contribution in [-0.4, -0.2) is 19.1 Å². The van der Waals surface area contributed by atoms with Crippen molar-refractivity contribution in [3.8, 4) is 5.75 Å². The molecule has 0 aromatic heterocycles. The molecule has 1 N–H and O–H groups in total. The molecule has 0 atom stereocenters. The van der Waals surface area contributed by atoms with Crippen LogP contribution in [0.5, 0.6) is 5.75 Å². The molecule has 134 valence electrons. The summed E-state index contributed by atoms with van der Waals surface area (Å²) in [6, 6.07) is 16.3. The first-order valence-corrected chi connectivity index (χ1v) is 8.97. The van der Waals surface area contributed by atoms with Gasteiger partial charge in [0.1, 0.15) is 12.4 Å². The molecule has 1 amide bonds. The van der Waals surface area contributed by atoms with E-state index in [0.29, 0.717) is 19.6 Å². The smallest absolute Gasteiger partial charge is 0.224 e. The summed E-state index contributed by atoms with van der Waals surface area (Å²) in [5, 5.41) is 2.92. The van der Waals surface area contributed by atoms with E-state index < -0.39 is 0 Å². The van der Waals surface area contributed by atoms with Gasteiger partial charge in [-0.2, -0.15) is 0 Å². The van der Waals surface area contributed by atoms with Crippen LogP contribution >= 0.6 is 0 Å². The summed E-state index contributed by atoms with van der Waals surface area (Å²) in [4.78, 5) is 12.0. The third kappa shape index (κ3) is 5.93. The van der Waals surface area contributed by atoms with E-state index in [1.807, 2.05) is 30.3 Å². The molecular weight excluding hydrogens is 310 g/mol. The fourth-order valence-corrected chi connectivity index (χ4v) is 2.70. The Hall–Kier alpha value is -2.29. The van der Waals surface area contributed by atoms with E-state index in [9.17, 15) is 4.79 Å². The van der Waals surface area contributed by atoms with E-state index >= 15 is 0 Å². The first-order valence-electron chi connectivity index (χ1n) is 8.97. The zero-order valence-electron chi connectivity index (χ0n) is 15.8. The lowest BCUT2D eigenvalue weighted by Gasteiger charge is -2.22. The van der Waals surface area contributed by atoms with Crippen molar-refractivity contribution in [1.82, 2.24) is 5.32 Å². The lowest BCUT2D eigenvalue weighted by molar-refractivity contribution is -0.120. The van der Waals surface area contributed by atoms with Gasteiger partial charge in [-0.1, -0.05) is 70.2 Å². The van der Waals surface area contributed by atoms with Crippen LogP contribution in [0.1, 0.15) is 44.4 Å². The third-order valence-corrected chi connectivity index (χ3v) is 4.17. The number of carbonyl (C=O) groups excluding carboxylic acids is 1. The van der Waals surface area contributed by atoms with Gasteiger partial charge in [0.05, 0.1) is 13.0 Å². The fraction of sp³-hybridized carbons (Fsp3) is 0.409. The van der Waals surface area contributed by atoms with Gasteiger partial charge in [0, 0.05) is 0 Å². The second-order valence-corrected chi connectivity index (χ2v) is 7.29. The molecule has 0 bridgehead atoms. The van der Waals surface area contributed by atoms with Gasteiger partial charge in [-0.25, -0.2) is 0 Å². The number of rotatable bonds is 7. The normalized spacial score (nSPS) is 11.2. The van der Waals surface area contributed by atoms with E-state index in [1.54, 1.807) is 0 Å². The fourth-order valence-electron chi connectivity index (χ4n) is 2.70. The molecule has 0 spiro atoms. The molecular formula is C22H29NO2. The van der Waals surface area contributed by atoms with Crippen molar-refractivity contribution in [2.45, 2.75) is 46.0 Å². The van der Waals surface area contributed by atoms with Crippen molar-refractivity contribution in [3.05, 3.63) is 65.2 Å². The molecule has 0 aliphatic heterocycles. The molecule has 0 unspecified atom stereocenters. The molecule has 2 rings (SSSR count). The van der Waals surface area contributed by atoms with Crippen LogP contribution in [0.4, 0.5) is 0 Å². The summed E-state index contributed by atoms with van der Waals surface area (Å²) in [6.45, 7) is 9.60. The van der Waals surface area contributed by atoms with Crippen LogP contribution in [0.2, 0.25) is 0 Å². The number of amides is 1. The lowest BCUT2D eigenvalue weighted by Crippen LogP contribution is -2.29. The van der Waals surface area contributed by atoms with Gasteiger partial charge in [0.2, 0.25) is 5.91 Å². The van der Waals surface area contributed by atoms with E-state index in [4.69, 9.17) is 4.74 Å². The number of hydrogen-bond acceptors (Lipinski definition) is 2. The average Bonchev–Trinajstić information content (AvgIpc) is 2.59. The second-order valence-electron chi connectivity index (χ2n) is 7.29. The first kappa shape index (κ1) is 19.0. The van der Waals surface area contributed by atoms with Crippen LogP contribution < -0.4 is 10.1 Å². The molecule has 3 heteroatoms. The molecule has 0 fully saturated rings. The standard InChI is InChI=1S/C22H29NO2/c1-5-17-10-12-18(13-11-17)16-21(24)23-14-15-25-20-9-7-6-8-19(20)22(2,3)4/h6-13H,5,14-16H2,1-4H3,(H,23,24). The quantitative estimate of drug-likeness (QED) is 0.765. The van der Waals surface area contributed by atoms with Crippen molar-refractivity contribution >= 4 is 5.91 Å². The predicted octanol–water partition coefficient (Wildman–Crippen LogP) is 4.28. The summed E-state index contributed by atoms with van der Waals surface area (Å²) in [7, 11) is 0. The van der Waals surface area contributed by atoms with Crippen LogP contribution in [0.3, 0.4) is 0 Å². The number of aryl methyl sites for hydroxylation is 1. The molecule has 0 radical (unpaired) electrons. The Morgan fingerprint density at radius 2 is 1.64 bits per heavy atom. The minimum absolute atomic E-state index is 0.0250. The number of carbonyl (C=O) groups is 1. The Balaban J connectivity index is 1.78. The van der Waals surface area contributed by atoms with Crippen LogP contribution in [0, 0.1) is 0 Å². The van der Waals surface area contributed by atoms with Gasteiger partial charge in [0.25, 0.3) is 0 Å². The number of nitrogens with one attached hydrogen (secondary N) is 1. The minimum Gasteiger partial charge on any atom is -0.491 e. The topological polar surface area (TPSA) is 38.3 Å². The SMILES string of the molecule is CCc1ccc(CC(=O)NCCOc2ccccc2C(C)(C)C)cc1. The number of benzene rings is 2. The molecule has 2 aromatic carbocycles. The largest absolute Gasteiger partial charge is 0.491 e. The van der Waals surface area contributed by atoms with E-state index in [0.717, 1.165) is 17.7 Å². The summed E-state index contributed by atoms with van der Waals surface area (Å²) in [5.74, 6) is 0.913. The Morgan fingerprint density at radius 1 is 1.00 bits per heavy atom. The van der Waals surface area contributed by atoms with E-state index in [-0.39, 0.29) is 11.3 Å². The highest BCUT2D eigenvalue weighted by Gasteiger charge is 2.18. The Morgan fingerprint density at radius 3 is 2.28 bits per heavy atom. The zero-order valence-corrected chi connectivity index (χ0v) is 15.8. The monoisotopic (exact) mass is 339 g/mol. The van der Waals surface area contributed by atoms with Crippen molar-refractivity contribution in [1.29, 1.82) is 0 Å². The summed E-state index contributed by atoms with van der Waals surface area (Å²) in [6.07, 6.45) is 1.42. The summed E-state index contributed by atoms with van der Waals surface area (Å²) >= 11 is 0. The zero-order chi connectivity index (χ0) is 18.3.